The van der Waals surface area contributed by atoms with E-state index in [0.717, 1.165) is 6.42 Å². The van der Waals surface area contributed by atoms with Crippen LogP contribution in [-0.4, -0.2) is 24.9 Å². The second-order valence-corrected chi connectivity index (χ2v) is 4.38. The van der Waals surface area contributed by atoms with Crippen molar-refractivity contribution in [1.29, 1.82) is 0 Å². The predicted octanol–water partition coefficient (Wildman–Crippen LogP) is 2.18. The lowest BCUT2D eigenvalue weighted by Gasteiger charge is -2.29. The fourth-order valence-corrected chi connectivity index (χ4v) is 1.91. The lowest BCUT2D eigenvalue weighted by molar-refractivity contribution is -0.143. The molecule has 4 nitrogen and oxygen atoms in total. The molecule has 0 saturated heterocycles. The smallest absolute Gasteiger partial charge is 0.236 e. The third kappa shape index (κ3) is 4.89. The van der Waals surface area contributed by atoms with Crippen LogP contribution in [0.2, 0.25) is 0 Å². The Kier molecular flexibility index (Phi) is 8.58. The molecule has 0 aromatic rings. The van der Waals surface area contributed by atoms with Crippen LogP contribution in [-0.2, 0) is 9.59 Å². The van der Waals surface area contributed by atoms with Crippen molar-refractivity contribution in [3.8, 4) is 0 Å². The molecule has 2 N–H and O–H groups in total. The molecule has 19 heavy (non-hydrogen) atoms. The van der Waals surface area contributed by atoms with Crippen LogP contribution in [0.25, 0.3) is 0 Å². The Morgan fingerprint density at radius 2 is 1.53 bits per heavy atom. The molecule has 0 heterocycles. The Labute approximate surface area is 116 Å². The molecule has 0 aromatic carbocycles. The first-order chi connectivity index (χ1) is 9.08. The molecule has 0 bridgehead atoms. The second kappa shape index (κ2) is 9.36. The first-order valence-electron chi connectivity index (χ1n) is 6.91. The van der Waals surface area contributed by atoms with E-state index >= 15 is 0 Å². The zero-order valence-electron chi connectivity index (χ0n) is 12.3. The SMILES string of the molecule is C=CCC(C/C=C/CC)(C(=O)NCC)C(=O)NCC. The van der Waals surface area contributed by atoms with E-state index in [1.807, 2.05) is 32.9 Å². The molecule has 0 fully saturated rings. The predicted molar refractivity (Wildman–Crippen MR) is 78.7 cm³/mol. The summed E-state index contributed by atoms with van der Waals surface area (Å²) < 4.78 is 0. The summed E-state index contributed by atoms with van der Waals surface area (Å²) in [5.74, 6) is -0.469. The number of carbonyl (C=O) groups is 2. The van der Waals surface area contributed by atoms with Crippen LogP contribution in [0.5, 0.6) is 0 Å². The van der Waals surface area contributed by atoms with Gasteiger partial charge in [0.25, 0.3) is 0 Å². The van der Waals surface area contributed by atoms with E-state index in [-0.39, 0.29) is 11.8 Å². The molecule has 2 amide bonds. The van der Waals surface area contributed by atoms with E-state index in [0.29, 0.717) is 25.9 Å². The second-order valence-electron chi connectivity index (χ2n) is 4.38. The molecule has 108 valence electrons. The van der Waals surface area contributed by atoms with Crippen LogP contribution in [0.15, 0.2) is 24.8 Å². The molecule has 0 rings (SSSR count). The highest BCUT2D eigenvalue weighted by Crippen LogP contribution is 2.29. The minimum Gasteiger partial charge on any atom is -0.355 e. The van der Waals surface area contributed by atoms with E-state index < -0.39 is 5.41 Å². The van der Waals surface area contributed by atoms with Crippen LogP contribution in [0, 0.1) is 5.41 Å². The van der Waals surface area contributed by atoms with Gasteiger partial charge in [0, 0.05) is 13.1 Å². The zero-order valence-corrected chi connectivity index (χ0v) is 12.3. The fourth-order valence-electron chi connectivity index (χ4n) is 1.91. The first kappa shape index (κ1) is 17.4. The molecular formula is C15H26N2O2. The lowest BCUT2D eigenvalue weighted by Crippen LogP contribution is -2.51. The van der Waals surface area contributed by atoms with Gasteiger partial charge in [0.15, 0.2) is 0 Å². The minimum atomic E-state index is -1.08. The lowest BCUT2D eigenvalue weighted by atomic mass is 9.78. The number of hydrogen-bond acceptors (Lipinski definition) is 2. The van der Waals surface area contributed by atoms with E-state index in [1.54, 1.807) is 6.08 Å². The van der Waals surface area contributed by atoms with Crippen LogP contribution in [0.1, 0.15) is 40.0 Å². The Hall–Kier alpha value is -1.58. The molecule has 0 aromatic heterocycles. The minimum absolute atomic E-state index is 0.235. The quantitative estimate of drug-likeness (QED) is 0.496. The molecule has 0 unspecified atom stereocenters. The van der Waals surface area contributed by atoms with E-state index in [1.165, 1.54) is 0 Å². The Morgan fingerprint density at radius 3 is 1.89 bits per heavy atom. The van der Waals surface area contributed by atoms with Crippen molar-refractivity contribution in [2.75, 3.05) is 13.1 Å². The van der Waals surface area contributed by atoms with Crippen LogP contribution in [0.4, 0.5) is 0 Å². The summed E-state index contributed by atoms with van der Waals surface area (Å²) in [6.45, 7) is 10.4. The number of amides is 2. The maximum Gasteiger partial charge on any atom is 0.236 e. The van der Waals surface area contributed by atoms with Gasteiger partial charge in [0.2, 0.25) is 11.8 Å². The molecule has 0 aliphatic rings. The molecule has 0 atom stereocenters. The summed E-state index contributed by atoms with van der Waals surface area (Å²) in [7, 11) is 0. The zero-order chi connectivity index (χ0) is 14.7. The van der Waals surface area contributed by atoms with Gasteiger partial charge in [-0.2, -0.15) is 0 Å². The van der Waals surface area contributed by atoms with Gasteiger partial charge in [-0.3, -0.25) is 9.59 Å². The van der Waals surface area contributed by atoms with E-state index in [2.05, 4.69) is 17.2 Å². The third-order valence-corrected chi connectivity index (χ3v) is 2.91. The van der Waals surface area contributed by atoms with E-state index in [4.69, 9.17) is 0 Å². The molecule has 0 saturated carbocycles. The van der Waals surface area contributed by atoms with Gasteiger partial charge in [-0.05, 0) is 33.1 Å². The van der Waals surface area contributed by atoms with Gasteiger partial charge in [0.1, 0.15) is 5.41 Å². The van der Waals surface area contributed by atoms with Gasteiger partial charge in [-0.25, -0.2) is 0 Å². The Balaban J connectivity index is 5.31. The summed E-state index contributed by atoms with van der Waals surface area (Å²) in [6.07, 6.45) is 7.10. The monoisotopic (exact) mass is 266 g/mol. The van der Waals surface area contributed by atoms with Gasteiger partial charge in [0.05, 0.1) is 0 Å². The highest BCUT2D eigenvalue weighted by Gasteiger charge is 2.43. The first-order valence-corrected chi connectivity index (χ1v) is 6.91. The normalized spacial score (nSPS) is 11.3. The van der Waals surface area contributed by atoms with Gasteiger partial charge in [-0.15, -0.1) is 6.58 Å². The molecule has 0 aliphatic carbocycles. The summed E-state index contributed by atoms with van der Waals surface area (Å²) in [4.78, 5) is 24.6. The molecule has 4 heteroatoms. The van der Waals surface area contributed by atoms with Crippen LogP contribution in [0.3, 0.4) is 0 Å². The van der Waals surface area contributed by atoms with Crippen molar-refractivity contribution in [2.45, 2.75) is 40.0 Å². The molecule has 0 aliphatic heterocycles. The Bertz CT molecular complexity index is 317. The molecule has 0 spiro atoms. The maximum atomic E-state index is 12.3. The summed E-state index contributed by atoms with van der Waals surface area (Å²) in [5.41, 5.74) is -1.08. The number of carbonyl (C=O) groups excluding carboxylic acids is 2. The Morgan fingerprint density at radius 1 is 1.00 bits per heavy atom. The summed E-state index contributed by atoms with van der Waals surface area (Å²) >= 11 is 0. The highest BCUT2D eigenvalue weighted by molar-refractivity contribution is 6.05. The van der Waals surface area contributed by atoms with Crippen molar-refractivity contribution >= 4 is 11.8 Å². The summed E-state index contributed by atoms with van der Waals surface area (Å²) in [6, 6.07) is 0. The maximum absolute atomic E-state index is 12.3. The van der Waals surface area contributed by atoms with Crippen molar-refractivity contribution in [3.63, 3.8) is 0 Å². The average Bonchev–Trinajstić information content (AvgIpc) is 2.38. The molecule has 0 radical (unpaired) electrons. The number of rotatable bonds is 9. The largest absolute Gasteiger partial charge is 0.355 e. The fraction of sp³-hybridized carbons (Fsp3) is 0.600. The number of hydrogen-bond donors (Lipinski definition) is 2. The highest BCUT2D eigenvalue weighted by atomic mass is 16.2. The average molecular weight is 266 g/mol. The van der Waals surface area contributed by atoms with Crippen molar-refractivity contribution < 1.29 is 9.59 Å². The van der Waals surface area contributed by atoms with Gasteiger partial charge < -0.3 is 10.6 Å². The topological polar surface area (TPSA) is 58.2 Å². The standard InChI is InChI=1S/C15H26N2O2/c1-5-9-10-12-15(11-6-2,13(18)16-7-3)14(19)17-8-4/h6,9-10H,2,5,7-8,11-12H2,1,3-4H3,(H,16,18)(H,17,19)/b10-9+. The van der Waals surface area contributed by atoms with Crippen molar-refractivity contribution in [1.82, 2.24) is 10.6 Å². The molecular weight excluding hydrogens is 240 g/mol. The third-order valence-electron chi connectivity index (χ3n) is 2.91. The van der Waals surface area contributed by atoms with Crippen molar-refractivity contribution in [3.05, 3.63) is 24.8 Å². The van der Waals surface area contributed by atoms with Gasteiger partial charge >= 0.3 is 0 Å². The number of nitrogens with one attached hydrogen (secondary N) is 2. The van der Waals surface area contributed by atoms with E-state index in [9.17, 15) is 9.59 Å². The van der Waals surface area contributed by atoms with Crippen LogP contribution < -0.4 is 10.6 Å². The van der Waals surface area contributed by atoms with Crippen molar-refractivity contribution in [2.24, 2.45) is 5.41 Å². The summed E-state index contributed by atoms with van der Waals surface area (Å²) in [5, 5.41) is 5.51. The van der Waals surface area contributed by atoms with Crippen LogP contribution >= 0.6 is 0 Å². The van der Waals surface area contributed by atoms with Gasteiger partial charge in [-0.1, -0.05) is 25.2 Å². The number of allylic oxidation sites excluding steroid dienone is 3.